The summed E-state index contributed by atoms with van der Waals surface area (Å²) in [6, 6.07) is 0.659. The number of rotatable bonds is 7. The summed E-state index contributed by atoms with van der Waals surface area (Å²) < 4.78 is 32.1. The third-order valence-corrected chi connectivity index (χ3v) is 7.15. The van der Waals surface area contributed by atoms with Crippen molar-refractivity contribution >= 4 is 33.2 Å². The molecule has 2 amide bonds. The van der Waals surface area contributed by atoms with E-state index in [-0.39, 0.29) is 34.8 Å². The second-order valence-electron chi connectivity index (χ2n) is 6.14. The molecule has 0 aliphatic carbocycles. The average molecular weight is 404 g/mol. The lowest BCUT2D eigenvalue weighted by molar-refractivity contribution is -0.123. The zero-order valence-electron chi connectivity index (χ0n) is 15.1. The Balaban J connectivity index is 2.11. The fraction of sp³-hybridized carbons (Fsp3) is 0.625. The van der Waals surface area contributed by atoms with E-state index < -0.39 is 22.0 Å². The Bertz CT molecular complexity index is 741. The van der Waals surface area contributed by atoms with E-state index in [1.165, 1.54) is 10.4 Å². The highest BCUT2D eigenvalue weighted by molar-refractivity contribution is 7.89. The van der Waals surface area contributed by atoms with Crippen LogP contribution in [0.25, 0.3) is 0 Å². The van der Waals surface area contributed by atoms with E-state index in [0.717, 1.165) is 17.8 Å². The summed E-state index contributed by atoms with van der Waals surface area (Å²) in [7, 11) is -3.77. The van der Waals surface area contributed by atoms with Crippen molar-refractivity contribution in [3.05, 3.63) is 16.3 Å². The normalized spacial score (nSPS) is 18.1. The summed E-state index contributed by atoms with van der Waals surface area (Å²) >= 11 is 1.04. The molecule has 2 unspecified atom stereocenters. The summed E-state index contributed by atoms with van der Waals surface area (Å²) in [5.41, 5.74) is 0. The van der Waals surface area contributed by atoms with E-state index in [0.29, 0.717) is 13.2 Å². The minimum Gasteiger partial charge on any atom is -0.379 e. The zero-order chi connectivity index (χ0) is 19.3. The predicted octanol–water partition coefficient (Wildman–Crippen LogP) is 0.802. The Kier molecular flexibility index (Phi) is 7.16. The van der Waals surface area contributed by atoms with Crippen LogP contribution in [0.1, 0.15) is 36.9 Å². The highest BCUT2D eigenvalue weighted by Gasteiger charge is 2.32. The van der Waals surface area contributed by atoms with Gasteiger partial charge in [-0.05, 0) is 31.7 Å². The first-order valence-electron chi connectivity index (χ1n) is 8.54. The average Bonchev–Trinajstić information content (AvgIpc) is 3.13. The van der Waals surface area contributed by atoms with E-state index in [1.807, 2.05) is 13.8 Å². The highest BCUT2D eigenvalue weighted by atomic mass is 32.2. The van der Waals surface area contributed by atoms with E-state index in [1.54, 1.807) is 12.3 Å². The fourth-order valence-corrected chi connectivity index (χ4v) is 5.10. The lowest BCUT2D eigenvalue weighted by Crippen LogP contribution is -2.47. The molecule has 0 aromatic carbocycles. The lowest BCUT2D eigenvalue weighted by atomic mass is 10.2. The molecule has 2 N–H and O–H groups in total. The maximum absolute atomic E-state index is 12.8. The summed E-state index contributed by atoms with van der Waals surface area (Å²) in [6.45, 7) is 6.57. The lowest BCUT2D eigenvalue weighted by Gasteiger charge is -2.26. The molecule has 1 aliphatic rings. The van der Waals surface area contributed by atoms with Crippen molar-refractivity contribution in [2.75, 3.05) is 26.3 Å². The standard InChI is InChI=1S/C16H25N3O5S2/c1-4-11(2)17-15(20)12(3)18-16(21)14-13(5-10-25-14)26(22,23)19-6-8-24-9-7-19/h5,10-12H,4,6-9H2,1-3H3,(H,17,20)(H,18,21). The van der Waals surface area contributed by atoms with Gasteiger partial charge in [-0.15, -0.1) is 11.3 Å². The molecule has 1 fully saturated rings. The Morgan fingerprint density at radius 2 is 1.92 bits per heavy atom. The molecule has 2 atom stereocenters. The fourth-order valence-electron chi connectivity index (χ4n) is 2.39. The number of carbonyl (C=O) groups excluding carboxylic acids is 2. The Morgan fingerprint density at radius 3 is 2.54 bits per heavy atom. The van der Waals surface area contributed by atoms with Crippen LogP contribution in [0.4, 0.5) is 0 Å². The molecule has 1 aliphatic heterocycles. The molecular formula is C16H25N3O5S2. The number of morpholine rings is 1. The smallest absolute Gasteiger partial charge is 0.263 e. The number of nitrogens with one attached hydrogen (secondary N) is 2. The molecule has 26 heavy (non-hydrogen) atoms. The third kappa shape index (κ3) is 4.81. The van der Waals surface area contributed by atoms with Gasteiger partial charge in [0.15, 0.2) is 0 Å². The van der Waals surface area contributed by atoms with Crippen molar-refractivity contribution in [1.82, 2.24) is 14.9 Å². The Morgan fingerprint density at radius 1 is 1.27 bits per heavy atom. The molecule has 0 spiro atoms. The molecule has 1 aromatic rings. The van der Waals surface area contributed by atoms with Crippen molar-refractivity contribution in [2.24, 2.45) is 0 Å². The quantitative estimate of drug-likeness (QED) is 0.701. The van der Waals surface area contributed by atoms with Gasteiger partial charge < -0.3 is 15.4 Å². The first-order valence-corrected chi connectivity index (χ1v) is 10.9. The van der Waals surface area contributed by atoms with Crippen LogP contribution in [0.3, 0.4) is 0 Å². The number of nitrogens with zero attached hydrogens (tertiary/aromatic N) is 1. The molecule has 0 bridgehead atoms. The minimum atomic E-state index is -3.77. The number of ether oxygens (including phenoxy) is 1. The summed E-state index contributed by atoms with van der Waals surface area (Å²) in [5, 5.41) is 6.93. The molecule has 2 heterocycles. The predicted molar refractivity (Wildman–Crippen MR) is 98.7 cm³/mol. The van der Waals surface area contributed by atoms with Crippen molar-refractivity contribution < 1.29 is 22.7 Å². The molecule has 146 valence electrons. The van der Waals surface area contributed by atoms with Gasteiger partial charge in [-0.1, -0.05) is 6.92 Å². The second kappa shape index (κ2) is 8.94. The molecule has 8 nitrogen and oxygen atoms in total. The number of thiophene rings is 1. The van der Waals surface area contributed by atoms with Gasteiger partial charge in [-0.2, -0.15) is 4.31 Å². The van der Waals surface area contributed by atoms with Crippen molar-refractivity contribution in [1.29, 1.82) is 0 Å². The van der Waals surface area contributed by atoms with Crippen LogP contribution in [0.2, 0.25) is 0 Å². The second-order valence-corrected chi connectivity index (χ2v) is 8.97. The van der Waals surface area contributed by atoms with Crippen LogP contribution >= 0.6 is 11.3 Å². The van der Waals surface area contributed by atoms with Crippen LogP contribution in [-0.4, -0.2) is 62.9 Å². The van der Waals surface area contributed by atoms with Gasteiger partial charge in [0.2, 0.25) is 15.9 Å². The SMILES string of the molecule is CCC(C)NC(=O)C(C)NC(=O)c1sccc1S(=O)(=O)N1CCOCC1. The molecule has 1 saturated heterocycles. The van der Waals surface area contributed by atoms with Gasteiger partial charge in [0.25, 0.3) is 5.91 Å². The number of carbonyl (C=O) groups is 2. The first kappa shape index (κ1) is 20.8. The molecule has 2 rings (SSSR count). The van der Waals surface area contributed by atoms with Gasteiger partial charge in [0.05, 0.1) is 13.2 Å². The van der Waals surface area contributed by atoms with Crippen LogP contribution in [0, 0.1) is 0 Å². The van der Waals surface area contributed by atoms with Crippen LogP contribution in [0.5, 0.6) is 0 Å². The molecular weight excluding hydrogens is 378 g/mol. The van der Waals surface area contributed by atoms with Gasteiger partial charge in [0, 0.05) is 19.1 Å². The summed E-state index contributed by atoms with van der Waals surface area (Å²) in [6.07, 6.45) is 0.777. The maximum Gasteiger partial charge on any atom is 0.263 e. The zero-order valence-corrected chi connectivity index (χ0v) is 16.8. The van der Waals surface area contributed by atoms with E-state index in [2.05, 4.69) is 10.6 Å². The Labute approximate surface area is 158 Å². The highest BCUT2D eigenvalue weighted by Crippen LogP contribution is 2.26. The van der Waals surface area contributed by atoms with Crippen molar-refractivity contribution in [2.45, 2.75) is 44.2 Å². The third-order valence-electron chi connectivity index (χ3n) is 4.17. The molecule has 0 radical (unpaired) electrons. The first-order chi connectivity index (χ1) is 12.3. The van der Waals surface area contributed by atoms with Gasteiger partial charge in [-0.3, -0.25) is 9.59 Å². The Hall–Kier alpha value is -1.49. The van der Waals surface area contributed by atoms with Crippen molar-refractivity contribution in [3.63, 3.8) is 0 Å². The number of sulfonamides is 1. The largest absolute Gasteiger partial charge is 0.379 e. The van der Waals surface area contributed by atoms with Crippen LogP contribution < -0.4 is 10.6 Å². The van der Waals surface area contributed by atoms with Gasteiger partial charge in [0.1, 0.15) is 15.8 Å². The molecule has 0 saturated carbocycles. The molecule has 1 aromatic heterocycles. The van der Waals surface area contributed by atoms with E-state index >= 15 is 0 Å². The van der Waals surface area contributed by atoms with Crippen molar-refractivity contribution in [3.8, 4) is 0 Å². The van der Waals surface area contributed by atoms with Crippen LogP contribution in [-0.2, 0) is 19.6 Å². The number of amides is 2. The topological polar surface area (TPSA) is 105 Å². The van der Waals surface area contributed by atoms with Crippen LogP contribution in [0.15, 0.2) is 16.3 Å². The number of hydrogen-bond acceptors (Lipinski definition) is 6. The van der Waals surface area contributed by atoms with Gasteiger partial charge >= 0.3 is 0 Å². The van der Waals surface area contributed by atoms with E-state index in [9.17, 15) is 18.0 Å². The maximum atomic E-state index is 12.8. The van der Waals surface area contributed by atoms with Gasteiger partial charge in [-0.25, -0.2) is 8.42 Å². The molecule has 10 heteroatoms. The summed E-state index contributed by atoms with van der Waals surface area (Å²) in [4.78, 5) is 24.7. The number of hydrogen-bond donors (Lipinski definition) is 2. The summed E-state index contributed by atoms with van der Waals surface area (Å²) in [5.74, 6) is -0.875. The monoisotopic (exact) mass is 403 g/mol. The van der Waals surface area contributed by atoms with E-state index in [4.69, 9.17) is 4.74 Å². The minimum absolute atomic E-state index is 0.000786.